The van der Waals surface area contributed by atoms with Crippen LogP contribution in [0.15, 0.2) is 10.8 Å². The van der Waals surface area contributed by atoms with Crippen LogP contribution in [0.3, 0.4) is 0 Å². The molecule has 2 aliphatic rings. The molecule has 3 aromatic heterocycles. The quantitative estimate of drug-likeness (QED) is 0.343. The SMILES string of the molecule is Cc1[nH]c(C(=O)C[C@@H]2CCN(c3nc(-c4ncnn4C)c(C(=O)O)s3)C[C@@H]2OCC2CC2)c(Br)c1Cl. The van der Waals surface area contributed by atoms with Crippen molar-refractivity contribution in [2.75, 3.05) is 24.6 Å². The molecule has 0 unspecified atom stereocenters. The highest BCUT2D eigenvalue weighted by Gasteiger charge is 2.36. The zero-order valence-corrected chi connectivity index (χ0v) is 23.0. The Kier molecular flexibility index (Phi) is 7.21. The van der Waals surface area contributed by atoms with Crippen LogP contribution in [0.25, 0.3) is 11.5 Å². The minimum Gasteiger partial charge on any atom is -0.477 e. The number of aromatic carboxylic acids is 1. The van der Waals surface area contributed by atoms with E-state index in [-0.39, 0.29) is 22.7 Å². The molecule has 192 valence electrons. The molecular formula is C23H26BrClN6O4S. The van der Waals surface area contributed by atoms with Crippen LogP contribution >= 0.6 is 38.9 Å². The normalized spacial score (nSPS) is 20.2. The number of H-pyrrole nitrogens is 1. The van der Waals surface area contributed by atoms with Gasteiger partial charge in [-0.1, -0.05) is 22.9 Å². The molecule has 1 saturated carbocycles. The first-order chi connectivity index (χ1) is 17.2. The predicted molar refractivity (Wildman–Crippen MR) is 139 cm³/mol. The lowest BCUT2D eigenvalue weighted by Gasteiger charge is -2.38. The van der Waals surface area contributed by atoms with E-state index in [1.165, 1.54) is 23.9 Å². The number of carboxylic acids is 1. The van der Waals surface area contributed by atoms with Gasteiger partial charge in [-0.25, -0.2) is 19.4 Å². The smallest absolute Gasteiger partial charge is 0.348 e. The van der Waals surface area contributed by atoms with Crippen molar-refractivity contribution in [3.63, 3.8) is 0 Å². The van der Waals surface area contributed by atoms with Crippen LogP contribution in [0.4, 0.5) is 5.13 Å². The molecule has 1 saturated heterocycles. The van der Waals surface area contributed by atoms with Gasteiger partial charge in [0.15, 0.2) is 16.7 Å². The maximum atomic E-state index is 13.2. The number of nitrogens with one attached hydrogen (secondary N) is 1. The Morgan fingerprint density at radius 3 is 2.75 bits per heavy atom. The molecular weight excluding hydrogens is 572 g/mol. The van der Waals surface area contributed by atoms with Crippen LogP contribution in [0, 0.1) is 18.8 Å². The first-order valence-corrected chi connectivity index (χ1v) is 13.7. The Labute approximate surface area is 225 Å². The molecule has 3 aromatic rings. The zero-order chi connectivity index (χ0) is 25.6. The van der Waals surface area contributed by atoms with Gasteiger partial charge in [0.2, 0.25) is 0 Å². The number of ketones is 1. The summed E-state index contributed by atoms with van der Waals surface area (Å²) < 4.78 is 8.44. The van der Waals surface area contributed by atoms with Crippen molar-refractivity contribution < 1.29 is 19.4 Å². The summed E-state index contributed by atoms with van der Waals surface area (Å²) in [6.45, 7) is 3.67. The molecule has 0 spiro atoms. The number of ether oxygens (including phenoxy) is 1. The summed E-state index contributed by atoms with van der Waals surface area (Å²) in [6, 6.07) is 0. The summed E-state index contributed by atoms with van der Waals surface area (Å²) in [5, 5.41) is 14.9. The van der Waals surface area contributed by atoms with Gasteiger partial charge in [0, 0.05) is 38.9 Å². The first kappa shape index (κ1) is 25.4. The molecule has 1 aliphatic heterocycles. The lowest BCUT2D eigenvalue weighted by atomic mass is 9.88. The van der Waals surface area contributed by atoms with Gasteiger partial charge in [0.1, 0.15) is 16.9 Å². The van der Waals surface area contributed by atoms with Crippen molar-refractivity contribution in [1.82, 2.24) is 24.7 Å². The molecule has 5 rings (SSSR count). The number of carboxylic acid groups (broad SMARTS) is 1. The zero-order valence-electron chi connectivity index (χ0n) is 19.8. The van der Waals surface area contributed by atoms with Crippen LogP contribution in [-0.2, 0) is 11.8 Å². The fraction of sp³-hybridized carbons (Fsp3) is 0.522. The minimum absolute atomic E-state index is 0.0117. The number of aromatic amines is 1. The number of halogens is 2. The van der Waals surface area contributed by atoms with Crippen LogP contribution in [0.1, 0.15) is 51.5 Å². The fourth-order valence-corrected chi connectivity index (χ4v) is 6.16. The highest BCUT2D eigenvalue weighted by Crippen LogP contribution is 2.37. The van der Waals surface area contributed by atoms with E-state index < -0.39 is 5.97 Å². The second kappa shape index (κ2) is 10.2. The van der Waals surface area contributed by atoms with Gasteiger partial charge in [0.05, 0.1) is 21.3 Å². The van der Waals surface area contributed by atoms with Gasteiger partial charge in [-0.15, -0.1) is 0 Å². The van der Waals surface area contributed by atoms with Crippen molar-refractivity contribution in [3.05, 3.63) is 32.1 Å². The number of carbonyl (C=O) groups is 2. The van der Waals surface area contributed by atoms with E-state index in [0.29, 0.717) is 70.3 Å². The highest BCUT2D eigenvalue weighted by atomic mass is 79.9. The average Bonchev–Trinajstić information content (AvgIpc) is 3.31. The van der Waals surface area contributed by atoms with Crippen molar-refractivity contribution in [2.24, 2.45) is 18.9 Å². The predicted octanol–water partition coefficient (Wildman–Crippen LogP) is 4.58. The number of hydrogen-bond acceptors (Lipinski definition) is 8. The van der Waals surface area contributed by atoms with E-state index in [4.69, 9.17) is 16.3 Å². The van der Waals surface area contributed by atoms with Crippen LogP contribution in [0.5, 0.6) is 0 Å². The summed E-state index contributed by atoms with van der Waals surface area (Å²) in [7, 11) is 1.70. The molecule has 2 fully saturated rings. The lowest BCUT2D eigenvalue weighted by Crippen LogP contribution is -2.46. The molecule has 2 N–H and O–H groups in total. The summed E-state index contributed by atoms with van der Waals surface area (Å²) in [5.41, 5.74) is 1.54. The molecule has 1 aliphatic carbocycles. The minimum atomic E-state index is -1.05. The number of anilines is 1. The van der Waals surface area contributed by atoms with Crippen molar-refractivity contribution in [1.29, 1.82) is 0 Å². The Morgan fingerprint density at radius 2 is 2.14 bits per heavy atom. The van der Waals surface area contributed by atoms with E-state index in [1.807, 2.05) is 6.92 Å². The third-order valence-corrected chi connectivity index (χ3v) is 9.32. The number of thiazole rings is 1. The second-order valence-electron chi connectivity index (χ2n) is 9.38. The molecule has 2 atom stereocenters. The van der Waals surface area contributed by atoms with Gasteiger partial charge in [-0.3, -0.25) is 4.79 Å². The van der Waals surface area contributed by atoms with Crippen molar-refractivity contribution in [2.45, 2.75) is 38.7 Å². The number of rotatable bonds is 9. The van der Waals surface area contributed by atoms with Crippen LogP contribution in [0.2, 0.25) is 5.02 Å². The Balaban J connectivity index is 1.36. The Morgan fingerprint density at radius 1 is 1.36 bits per heavy atom. The fourth-order valence-electron chi connectivity index (χ4n) is 4.46. The largest absolute Gasteiger partial charge is 0.477 e. The molecule has 0 radical (unpaired) electrons. The Bertz CT molecular complexity index is 1300. The summed E-state index contributed by atoms with van der Waals surface area (Å²) in [6.07, 6.45) is 4.59. The monoisotopic (exact) mass is 596 g/mol. The Hall–Kier alpha value is -2.28. The molecule has 4 heterocycles. The number of Topliss-reactive ketones (excluding diaryl/α,β-unsaturated/α-hetero) is 1. The first-order valence-electron chi connectivity index (χ1n) is 11.7. The maximum Gasteiger partial charge on any atom is 0.348 e. The van der Waals surface area contributed by atoms with Crippen LogP contribution < -0.4 is 4.90 Å². The number of aromatic nitrogens is 5. The summed E-state index contributed by atoms with van der Waals surface area (Å²) >= 11 is 10.8. The second-order valence-corrected chi connectivity index (χ2v) is 11.5. The van der Waals surface area contributed by atoms with Crippen LogP contribution in [-0.4, -0.2) is 67.4 Å². The van der Waals surface area contributed by atoms with Crippen molar-refractivity contribution in [3.8, 4) is 11.5 Å². The topological polar surface area (TPSA) is 126 Å². The van der Waals surface area contributed by atoms with E-state index >= 15 is 0 Å². The lowest BCUT2D eigenvalue weighted by molar-refractivity contribution is -0.00169. The third kappa shape index (κ3) is 5.09. The van der Waals surface area contributed by atoms with Gasteiger partial charge < -0.3 is 19.7 Å². The number of carbonyl (C=O) groups excluding carboxylic acids is 1. The van der Waals surface area contributed by atoms with E-state index in [0.717, 1.165) is 17.0 Å². The number of aryl methyl sites for hydroxylation is 2. The van der Waals surface area contributed by atoms with Gasteiger partial charge in [0.25, 0.3) is 0 Å². The maximum absolute atomic E-state index is 13.2. The number of hydrogen-bond donors (Lipinski definition) is 2. The van der Waals surface area contributed by atoms with E-state index in [9.17, 15) is 14.7 Å². The van der Waals surface area contributed by atoms with E-state index in [2.05, 4.69) is 40.9 Å². The summed E-state index contributed by atoms with van der Waals surface area (Å²) in [5.74, 6) is -0.0513. The van der Waals surface area contributed by atoms with E-state index in [1.54, 1.807) is 7.05 Å². The number of piperidine rings is 1. The van der Waals surface area contributed by atoms with Crippen molar-refractivity contribution >= 4 is 55.8 Å². The van der Waals surface area contributed by atoms with Gasteiger partial charge in [-0.2, -0.15) is 5.10 Å². The molecule has 0 amide bonds. The van der Waals surface area contributed by atoms with Gasteiger partial charge in [-0.05, 0) is 54.0 Å². The standard InChI is InChI=1S/C23H26BrClN6O4S/c1-11-17(25)16(24)18(28-11)14(32)7-13-5-6-31(8-15(13)35-9-12-3-4-12)23-29-19(20(36-23)22(33)34)21-26-10-27-30(21)2/h10,12-13,15,28H,3-9H2,1-2H3,(H,33,34)/t13-,15-/m0/s1. The molecule has 13 heteroatoms. The third-order valence-electron chi connectivity index (χ3n) is 6.72. The molecule has 36 heavy (non-hydrogen) atoms. The van der Waals surface area contributed by atoms with Gasteiger partial charge >= 0.3 is 5.97 Å². The highest BCUT2D eigenvalue weighted by molar-refractivity contribution is 9.10. The molecule has 10 nitrogen and oxygen atoms in total. The average molecular weight is 598 g/mol. The molecule has 0 bridgehead atoms. The molecule has 0 aromatic carbocycles. The number of nitrogens with zero attached hydrogens (tertiary/aromatic N) is 5. The summed E-state index contributed by atoms with van der Waals surface area (Å²) in [4.78, 5) is 39.2.